The quantitative estimate of drug-likeness (QED) is 0.630. The van der Waals surface area contributed by atoms with Gasteiger partial charge in [-0.25, -0.2) is 0 Å². The van der Waals surface area contributed by atoms with Crippen LogP contribution in [0.25, 0.3) is 0 Å². The van der Waals surface area contributed by atoms with Crippen LogP contribution in [-0.2, 0) is 0 Å². The van der Waals surface area contributed by atoms with Crippen LogP contribution in [0.1, 0.15) is 65.2 Å². The molecule has 116 valence electrons. The van der Waals surface area contributed by atoms with E-state index in [9.17, 15) is 5.11 Å². The van der Waals surface area contributed by atoms with Gasteiger partial charge in [-0.1, -0.05) is 37.6 Å². The van der Waals surface area contributed by atoms with Gasteiger partial charge in [0.1, 0.15) is 0 Å². The molecule has 0 aliphatic heterocycles. The highest BCUT2D eigenvalue weighted by Gasteiger charge is 2.56. The number of hydrogen-bond donors (Lipinski definition) is 1. The number of rotatable bonds is 0. The Kier molecular flexibility index (Phi) is 2.99. The fourth-order valence-electron chi connectivity index (χ4n) is 6.55. The summed E-state index contributed by atoms with van der Waals surface area (Å²) in [5.74, 6) is 2.59. The molecule has 3 saturated carbocycles. The Morgan fingerprint density at radius 1 is 1.10 bits per heavy atom. The van der Waals surface area contributed by atoms with Crippen molar-refractivity contribution in [1.82, 2.24) is 0 Å². The van der Waals surface area contributed by atoms with Gasteiger partial charge < -0.3 is 5.11 Å². The SMILES string of the molecule is C=C1CC[C@H]2[C@@H]3CC=C4CC(O)CC[C@]4(C)[C@@H]3CC[C@]12C. The van der Waals surface area contributed by atoms with Crippen LogP contribution in [0.5, 0.6) is 0 Å². The lowest BCUT2D eigenvalue weighted by Crippen LogP contribution is -2.49. The van der Waals surface area contributed by atoms with E-state index in [-0.39, 0.29) is 6.10 Å². The molecule has 4 aliphatic carbocycles. The van der Waals surface area contributed by atoms with Crippen LogP contribution in [0, 0.1) is 28.6 Å². The molecular weight excluding hydrogens is 256 g/mol. The van der Waals surface area contributed by atoms with Gasteiger partial charge in [0.2, 0.25) is 0 Å². The number of fused-ring (bicyclic) bond motifs is 5. The molecule has 1 N–H and O–H groups in total. The molecule has 1 nitrogen and oxygen atoms in total. The number of hydrogen-bond acceptors (Lipinski definition) is 1. The van der Waals surface area contributed by atoms with Crippen molar-refractivity contribution in [3.8, 4) is 0 Å². The highest BCUT2D eigenvalue weighted by molar-refractivity contribution is 5.28. The first-order chi connectivity index (χ1) is 9.95. The topological polar surface area (TPSA) is 20.2 Å². The van der Waals surface area contributed by atoms with E-state index < -0.39 is 0 Å². The monoisotopic (exact) mass is 286 g/mol. The highest BCUT2D eigenvalue weighted by Crippen LogP contribution is 2.65. The Hall–Kier alpha value is -0.560. The molecule has 0 heterocycles. The molecular formula is C20H30O. The summed E-state index contributed by atoms with van der Waals surface area (Å²) in [6.45, 7) is 9.41. The van der Waals surface area contributed by atoms with Crippen LogP contribution >= 0.6 is 0 Å². The van der Waals surface area contributed by atoms with Gasteiger partial charge in [0.05, 0.1) is 6.10 Å². The average molecular weight is 286 g/mol. The number of allylic oxidation sites excluding steroid dienone is 2. The van der Waals surface area contributed by atoms with Crippen molar-refractivity contribution in [2.45, 2.75) is 71.3 Å². The number of aliphatic hydroxyl groups excluding tert-OH is 1. The van der Waals surface area contributed by atoms with E-state index in [1.54, 1.807) is 5.57 Å². The number of aliphatic hydroxyl groups is 1. The minimum atomic E-state index is -0.0824. The Balaban J connectivity index is 1.69. The molecule has 0 aromatic heterocycles. The van der Waals surface area contributed by atoms with Crippen LogP contribution in [0.4, 0.5) is 0 Å². The molecule has 1 heteroatoms. The van der Waals surface area contributed by atoms with Gasteiger partial charge in [0.25, 0.3) is 0 Å². The van der Waals surface area contributed by atoms with E-state index in [2.05, 4.69) is 26.5 Å². The third-order valence-electron chi connectivity index (χ3n) is 8.03. The molecule has 0 bridgehead atoms. The average Bonchev–Trinajstić information content (AvgIpc) is 2.76. The molecule has 0 amide bonds. The second-order valence-corrected chi connectivity index (χ2v) is 8.75. The molecule has 21 heavy (non-hydrogen) atoms. The lowest BCUT2D eigenvalue weighted by Gasteiger charge is -2.57. The van der Waals surface area contributed by atoms with Gasteiger partial charge in [-0.3, -0.25) is 0 Å². The molecule has 4 aliphatic rings. The van der Waals surface area contributed by atoms with Crippen molar-refractivity contribution in [2.24, 2.45) is 28.6 Å². The lowest BCUT2D eigenvalue weighted by molar-refractivity contribution is -0.0267. The van der Waals surface area contributed by atoms with E-state index >= 15 is 0 Å². The second-order valence-electron chi connectivity index (χ2n) is 8.75. The minimum absolute atomic E-state index is 0.0824. The van der Waals surface area contributed by atoms with Crippen molar-refractivity contribution in [3.63, 3.8) is 0 Å². The van der Waals surface area contributed by atoms with E-state index in [1.165, 1.54) is 44.1 Å². The lowest BCUT2D eigenvalue weighted by atomic mass is 9.48. The molecule has 3 fully saturated rings. The van der Waals surface area contributed by atoms with Crippen molar-refractivity contribution in [2.75, 3.05) is 0 Å². The zero-order valence-electron chi connectivity index (χ0n) is 13.7. The summed E-state index contributed by atoms with van der Waals surface area (Å²) in [6.07, 6.45) is 12.2. The first-order valence-corrected chi connectivity index (χ1v) is 9.01. The van der Waals surface area contributed by atoms with E-state index in [0.717, 1.165) is 30.6 Å². The van der Waals surface area contributed by atoms with Crippen LogP contribution in [0.15, 0.2) is 23.8 Å². The van der Waals surface area contributed by atoms with Gasteiger partial charge in [-0.2, -0.15) is 0 Å². The van der Waals surface area contributed by atoms with Crippen molar-refractivity contribution in [1.29, 1.82) is 0 Å². The molecule has 0 saturated heterocycles. The third-order valence-corrected chi connectivity index (χ3v) is 8.03. The second kappa shape index (κ2) is 4.47. The Morgan fingerprint density at radius 3 is 2.62 bits per heavy atom. The van der Waals surface area contributed by atoms with Crippen LogP contribution in [-0.4, -0.2) is 11.2 Å². The fraction of sp³-hybridized carbons (Fsp3) is 0.800. The van der Waals surface area contributed by atoms with Gasteiger partial charge in [0, 0.05) is 0 Å². The predicted molar refractivity (Wildman–Crippen MR) is 86.8 cm³/mol. The predicted octanol–water partition coefficient (Wildman–Crippen LogP) is 4.87. The summed E-state index contributed by atoms with van der Waals surface area (Å²) in [5.41, 5.74) is 3.93. The zero-order valence-corrected chi connectivity index (χ0v) is 13.7. The van der Waals surface area contributed by atoms with Crippen LogP contribution < -0.4 is 0 Å². The first kappa shape index (κ1) is 14.1. The Bertz CT molecular complexity index is 504. The maximum absolute atomic E-state index is 10.0. The normalized spacial score (nSPS) is 52.7. The van der Waals surface area contributed by atoms with Gasteiger partial charge in [-0.05, 0) is 80.0 Å². The summed E-state index contributed by atoms with van der Waals surface area (Å²) < 4.78 is 0. The van der Waals surface area contributed by atoms with Crippen LogP contribution in [0.2, 0.25) is 0 Å². The first-order valence-electron chi connectivity index (χ1n) is 9.01. The maximum atomic E-state index is 10.0. The minimum Gasteiger partial charge on any atom is -0.393 e. The summed E-state index contributed by atoms with van der Waals surface area (Å²) in [7, 11) is 0. The molecule has 0 aromatic carbocycles. The van der Waals surface area contributed by atoms with Gasteiger partial charge in [0.15, 0.2) is 0 Å². The van der Waals surface area contributed by atoms with E-state index in [4.69, 9.17) is 0 Å². The van der Waals surface area contributed by atoms with E-state index in [0.29, 0.717) is 10.8 Å². The Morgan fingerprint density at radius 2 is 1.81 bits per heavy atom. The standard InChI is InChI=1S/C20H30O/c1-13-4-7-17-16-6-5-14-12-15(21)8-10-20(14,3)18(16)9-11-19(13,17)2/h5,15-18,21H,1,4,6-12H2,2-3H3/t15?,16-,17-,18+,19+,20-/m0/s1. The van der Waals surface area contributed by atoms with E-state index in [1.807, 2.05) is 0 Å². The van der Waals surface area contributed by atoms with Gasteiger partial charge >= 0.3 is 0 Å². The molecule has 0 spiro atoms. The summed E-state index contributed by atoms with van der Waals surface area (Å²) in [4.78, 5) is 0. The van der Waals surface area contributed by atoms with Crippen molar-refractivity contribution < 1.29 is 5.11 Å². The maximum Gasteiger partial charge on any atom is 0.0577 e. The molecule has 1 unspecified atom stereocenters. The fourth-order valence-corrected chi connectivity index (χ4v) is 6.55. The summed E-state index contributed by atoms with van der Waals surface area (Å²) in [5, 5.41) is 10.0. The third kappa shape index (κ3) is 1.79. The zero-order chi connectivity index (χ0) is 14.8. The van der Waals surface area contributed by atoms with Gasteiger partial charge in [-0.15, -0.1) is 0 Å². The largest absolute Gasteiger partial charge is 0.393 e. The molecule has 0 aromatic rings. The van der Waals surface area contributed by atoms with Crippen molar-refractivity contribution in [3.05, 3.63) is 23.8 Å². The van der Waals surface area contributed by atoms with Crippen LogP contribution in [0.3, 0.4) is 0 Å². The van der Waals surface area contributed by atoms with Crippen molar-refractivity contribution >= 4 is 0 Å². The smallest absolute Gasteiger partial charge is 0.0577 e. The molecule has 6 atom stereocenters. The molecule has 4 rings (SSSR count). The Labute approximate surface area is 129 Å². The highest BCUT2D eigenvalue weighted by atomic mass is 16.3. The summed E-state index contributed by atoms with van der Waals surface area (Å²) >= 11 is 0. The molecule has 0 radical (unpaired) electrons. The summed E-state index contributed by atoms with van der Waals surface area (Å²) in [6, 6.07) is 0.